The second-order valence-corrected chi connectivity index (χ2v) is 14.8. The Morgan fingerprint density at radius 2 is 1.36 bits per heavy atom. The lowest BCUT2D eigenvalue weighted by molar-refractivity contribution is -0.135. The van der Waals surface area contributed by atoms with Gasteiger partial charge in [0.05, 0.1) is 49.2 Å². The van der Waals surface area contributed by atoms with Crippen molar-refractivity contribution in [3.63, 3.8) is 0 Å². The highest BCUT2D eigenvalue weighted by molar-refractivity contribution is 5.92. The fourth-order valence-corrected chi connectivity index (χ4v) is 8.26. The molecule has 4 aromatic carbocycles. The van der Waals surface area contributed by atoms with E-state index in [2.05, 4.69) is 69.1 Å². The molecule has 0 radical (unpaired) electrons. The molecule has 4 unspecified atom stereocenters. The maximum Gasteiger partial charge on any atom is 0.407 e. The fourth-order valence-electron chi connectivity index (χ4n) is 8.26. The number of nitrogens with one attached hydrogen (secondary N) is 4. The second kappa shape index (κ2) is 16.4. The summed E-state index contributed by atoms with van der Waals surface area (Å²) in [5.74, 6) is 1.08. The van der Waals surface area contributed by atoms with Crippen molar-refractivity contribution in [2.45, 2.75) is 63.2 Å². The first-order chi connectivity index (χ1) is 28.2. The van der Waals surface area contributed by atoms with Crippen LogP contribution < -0.4 is 10.6 Å². The van der Waals surface area contributed by atoms with Gasteiger partial charge in [-0.3, -0.25) is 9.59 Å². The average molecular weight is 783 g/mol. The van der Waals surface area contributed by atoms with Gasteiger partial charge >= 0.3 is 12.2 Å². The monoisotopic (exact) mass is 782 g/mol. The van der Waals surface area contributed by atoms with Crippen LogP contribution in [0, 0.1) is 0 Å². The molecule has 2 aliphatic heterocycles. The molecule has 2 aliphatic rings. The molecular formula is C44H46N8O6. The Morgan fingerprint density at radius 3 is 2.07 bits per heavy atom. The Bertz CT molecular complexity index is 2480. The van der Waals surface area contributed by atoms with Crippen LogP contribution in [0.4, 0.5) is 9.59 Å². The van der Waals surface area contributed by atoms with E-state index in [4.69, 9.17) is 19.4 Å². The summed E-state index contributed by atoms with van der Waals surface area (Å²) in [4.78, 5) is 71.7. The molecule has 2 fully saturated rings. The van der Waals surface area contributed by atoms with Crippen molar-refractivity contribution in [1.29, 1.82) is 0 Å². The van der Waals surface area contributed by atoms with Gasteiger partial charge in [-0.2, -0.15) is 0 Å². The molecule has 2 saturated heterocycles. The lowest BCUT2D eigenvalue weighted by Gasteiger charge is -2.28. The number of rotatable bonds is 10. The predicted octanol–water partition coefficient (Wildman–Crippen LogP) is 7.33. The molecule has 0 spiro atoms. The third-order valence-corrected chi connectivity index (χ3v) is 11.3. The number of benzene rings is 4. The minimum atomic E-state index is -0.885. The van der Waals surface area contributed by atoms with Crippen molar-refractivity contribution in [3.05, 3.63) is 108 Å². The first-order valence-corrected chi connectivity index (χ1v) is 19.7. The molecule has 0 bridgehead atoms. The number of methoxy groups -OCH3 is 2. The summed E-state index contributed by atoms with van der Waals surface area (Å²) in [6, 6.07) is 26.0. The summed E-state index contributed by atoms with van der Waals surface area (Å²) in [6.45, 7) is 3.01. The number of aromatic nitrogens is 4. The van der Waals surface area contributed by atoms with E-state index in [1.165, 1.54) is 14.2 Å². The number of nitrogens with zero attached hydrogens (tertiary/aromatic N) is 4. The molecule has 4 heterocycles. The Balaban J connectivity index is 0.987. The number of amides is 4. The van der Waals surface area contributed by atoms with Gasteiger partial charge in [0.2, 0.25) is 5.91 Å². The van der Waals surface area contributed by atoms with Gasteiger partial charge in [0.1, 0.15) is 23.7 Å². The zero-order chi connectivity index (χ0) is 40.3. The smallest absolute Gasteiger partial charge is 0.407 e. The Labute approximate surface area is 335 Å². The summed E-state index contributed by atoms with van der Waals surface area (Å²) in [5.41, 5.74) is 6.28. The Kier molecular flexibility index (Phi) is 10.8. The fraction of sp³-hybridized carbons (Fsp3) is 0.318. The number of likely N-dealkylation sites (tertiary alicyclic amines) is 2. The molecule has 4 atom stereocenters. The van der Waals surface area contributed by atoms with E-state index >= 15 is 0 Å². The number of ether oxygens (including phenoxy) is 2. The van der Waals surface area contributed by atoms with Gasteiger partial charge in [0, 0.05) is 18.7 Å². The van der Waals surface area contributed by atoms with Crippen LogP contribution in [0.5, 0.6) is 0 Å². The first kappa shape index (κ1) is 38.2. The van der Waals surface area contributed by atoms with Crippen molar-refractivity contribution in [3.8, 4) is 22.4 Å². The zero-order valence-electron chi connectivity index (χ0n) is 32.7. The molecule has 14 nitrogen and oxygen atoms in total. The lowest BCUT2D eigenvalue weighted by atomic mass is 9.99. The second-order valence-electron chi connectivity index (χ2n) is 14.8. The van der Waals surface area contributed by atoms with Crippen LogP contribution in [0.3, 0.4) is 0 Å². The minimum absolute atomic E-state index is 0.141. The van der Waals surface area contributed by atoms with Gasteiger partial charge in [-0.1, -0.05) is 67.6 Å². The largest absolute Gasteiger partial charge is 0.453 e. The molecule has 4 N–H and O–H groups in total. The van der Waals surface area contributed by atoms with Gasteiger partial charge in [0.15, 0.2) is 0 Å². The van der Waals surface area contributed by atoms with E-state index < -0.39 is 24.3 Å². The van der Waals surface area contributed by atoms with Gasteiger partial charge < -0.3 is 39.9 Å². The third kappa shape index (κ3) is 7.57. The quantitative estimate of drug-likeness (QED) is 0.112. The number of H-pyrrole nitrogens is 2. The topological polar surface area (TPSA) is 175 Å². The number of hydrogen-bond donors (Lipinski definition) is 4. The van der Waals surface area contributed by atoms with Gasteiger partial charge in [0.25, 0.3) is 5.91 Å². The van der Waals surface area contributed by atoms with E-state index in [9.17, 15) is 19.2 Å². The van der Waals surface area contributed by atoms with Gasteiger partial charge in [-0.15, -0.1) is 0 Å². The minimum Gasteiger partial charge on any atom is -0.453 e. The van der Waals surface area contributed by atoms with Gasteiger partial charge in [-0.25, -0.2) is 19.6 Å². The Hall–Kier alpha value is -6.70. The summed E-state index contributed by atoms with van der Waals surface area (Å²) >= 11 is 0. The molecule has 58 heavy (non-hydrogen) atoms. The molecule has 14 heteroatoms. The number of aromatic amines is 2. The van der Waals surface area contributed by atoms with Crippen LogP contribution in [-0.2, 0) is 19.1 Å². The number of alkyl carbamates (subject to hydrolysis) is 2. The highest BCUT2D eigenvalue weighted by Gasteiger charge is 2.38. The van der Waals surface area contributed by atoms with E-state index in [0.717, 1.165) is 75.7 Å². The number of imidazole rings is 2. The highest BCUT2D eigenvalue weighted by Crippen LogP contribution is 2.36. The lowest BCUT2D eigenvalue weighted by Crippen LogP contribution is -2.48. The van der Waals surface area contributed by atoms with Crippen molar-refractivity contribution in [1.82, 2.24) is 40.4 Å². The predicted molar refractivity (Wildman–Crippen MR) is 218 cm³/mol. The summed E-state index contributed by atoms with van der Waals surface area (Å²) in [5, 5.41) is 7.53. The van der Waals surface area contributed by atoms with Crippen LogP contribution in [0.25, 0.3) is 44.2 Å². The first-order valence-electron chi connectivity index (χ1n) is 19.7. The van der Waals surface area contributed by atoms with Crippen LogP contribution in [0.1, 0.15) is 74.4 Å². The molecule has 0 saturated carbocycles. The van der Waals surface area contributed by atoms with E-state index in [1.807, 2.05) is 49.5 Å². The van der Waals surface area contributed by atoms with Crippen molar-refractivity contribution in [2.75, 3.05) is 27.3 Å². The van der Waals surface area contributed by atoms with Crippen LogP contribution in [-0.4, -0.2) is 87.1 Å². The highest BCUT2D eigenvalue weighted by atomic mass is 16.5. The number of carbonyl (C=O) groups is 4. The van der Waals surface area contributed by atoms with E-state index in [0.29, 0.717) is 30.9 Å². The van der Waals surface area contributed by atoms with E-state index in [-0.39, 0.29) is 23.9 Å². The third-order valence-electron chi connectivity index (χ3n) is 11.3. The van der Waals surface area contributed by atoms with Crippen molar-refractivity contribution < 1.29 is 28.7 Å². The molecule has 298 valence electrons. The van der Waals surface area contributed by atoms with Crippen LogP contribution in [0.2, 0.25) is 0 Å². The molecule has 4 amide bonds. The Morgan fingerprint density at radius 1 is 0.741 bits per heavy atom. The van der Waals surface area contributed by atoms with Crippen LogP contribution in [0.15, 0.2) is 91.1 Å². The average Bonchev–Trinajstić information content (AvgIpc) is 4.10. The SMILES string of the molecule is CCC(NC(=O)OC)C(=O)N1CCCC1c1ncc(-c2ccc3cc(-c4ccc5nc(C6CCCN6C(=O)C(NC(=O)OC)c6ccccc6)[nH]c5c4)ccc3c2)[nH]1. The number of hydrogen-bond acceptors (Lipinski definition) is 8. The molecular weight excluding hydrogens is 737 g/mol. The number of carbonyl (C=O) groups excluding carboxylic acids is 4. The molecule has 2 aromatic heterocycles. The zero-order valence-corrected chi connectivity index (χ0v) is 32.7. The van der Waals surface area contributed by atoms with Crippen molar-refractivity contribution >= 4 is 45.8 Å². The summed E-state index contributed by atoms with van der Waals surface area (Å²) < 4.78 is 9.56. The summed E-state index contributed by atoms with van der Waals surface area (Å²) in [7, 11) is 2.57. The number of fused-ring (bicyclic) bond motifs is 2. The maximum atomic E-state index is 14.0. The molecule has 8 rings (SSSR count). The van der Waals surface area contributed by atoms with Gasteiger partial charge in [-0.05, 0) is 83.8 Å². The standard InChI is InChI=1S/C44H46N8O6/c1-4-32(49-43(55)57-2)41(53)51-20-8-12-36(51)39-45-25-35(48-39)31-17-16-27-22-28(14-15-29(27)23-31)30-18-19-33-34(24-30)47-40(46-33)37-13-9-21-52(37)42(54)38(50-44(56)58-3)26-10-6-5-7-11-26/h5-7,10-11,14-19,22-25,32,36-38H,4,8-9,12-13,20-21H2,1-3H3,(H,45,48)(H,46,47)(H,49,55)(H,50,56). The summed E-state index contributed by atoms with van der Waals surface area (Å²) in [6.07, 6.45) is 4.17. The maximum absolute atomic E-state index is 14.0. The molecule has 0 aliphatic carbocycles. The molecule has 6 aromatic rings. The van der Waals surface area contributed by atoms with Crippen LogP contribution >= 0.6 is 0 Å². The van der Waals surface area contributed by atoms with E-state index in [1.54, 1.807) is 9.80 Å². The normalized spacial score (nSPS) is 17.6. The van der Waals surface area contributed by atoms with Crippen molar-refractivity contribution in [2.24, 2.45) is 0 Å².